The van der Waals surface area contributed by atoms with Gasteiger partial charge in [0.05, 0.1) is 0 Å². The molecule has 1 unspecified atom stereocenters. The smallest absolute Gasteiger partial charge is 0.0444 e. The van der Waals surface area contributed by atoms with E-state index in [1.165, 1.54) is 5.56 Å². The van der Waals surface area contributed by atoms with Gasteiger partial charge in [0.1, 0.15) is 0 Å². The Balaban J connectivity index is 2.64. The minimum Gasteiger partial charge on any atom is -0.329 e. The van der Waals surface area contributed by atoms with Gasteiger partial charge in [-0.1, -0.05) is 55.8 Å². The molecule has 0 aromatic heterocycles. The van der Waals surface area contributed by atoms with Gasteiger partial charge in [0, 0.05) is 17.1 Å². The number of rotatable bonds is 7. The van der Waals surface area contributed by atoms with Crippen molar-refractivity contribution in [3.05, 3.63) is 34.3 Å². The monoisotopic (exact) mass is 326 g/mol. The lowest BCUT2D eigenvalue weighted by Gasteiger charge is -2.28. The molecule has 0 radical (unpaired) electrons. The molecule has 1 aromatic carbocycles. The molecule has 0 heterocycles. The van der Waals surface area contributed by atoms with Crippen molar-refractivity contribution in [1.82, 2.24) is 5.32 Å². The van der Waals surface area contributed by atoms with E-state index >= 15 is 0 Å². The molecule has 1 atom stereocenters. The summed E-state index contributed by atoms with van der Waals surface area (Å²) in [7, 11) is 0. The van der Waals surface area contributed by atoms with E-state index in [4.69, 9.17) is 5.73 Å². The highest BCUT2D eigenvalue weighted by molar-refractivity contribution is 9.10. The summed E-state index contributed by atoms with van der Waals surface area (Å²) in [5.74, 6) is 2.07. The van der Waals surface area contributed by atoms with Crippen molar-refractivity contribution in [3.8, 4) is 0 Å². The van der Waals surface area contributed by atoms with E-state index in [2.05, 4.69) is 73.2 Å². The largest absolute Gasteiger partial charge is 0.329 e. The van der Waals surface area contributed by atoms with E-state index in [-0.39, 0.29) is 6.04 Å². The summed E-state index contributed by atoms with van der Waals surface area (Å²) in [6.07, 6.45) is 0. The standard InChI is InChI=1S/C16H27BrN2/c1-11(2)15(12(3)4)10-19-16(9-18)13-5-7-14(17)8-6-13/h5-8,11-12,15-16,19H,9-10,18H2,1-4H3. The Labute approximate surface area is 126 Å². The Morgan fingerprint density at radius 3 is 2.00 bits per heavy atom. The van der Waals surface area contributed by atoms with Gasteiger partial charge in [-0.25, -0.2) is 0 Å². The zero-order valence-electron chi connectivity index (χ0n) is 12.5. The molecule has 0 bridgehead atoms. The molecule has 0 aliphatic heterocycles. The predicted octanol–water partition coefficient (Wildman–Crippen LogP) is 3.97. The maximum atomic E-state index is 5.91. The number of halogens is 1. The second-order valence-corrected chi connectivity index (χ2v) is 6.82. The van der Waals surface area contributed by atoms with E-state index in [9.17, 15) is 0 Å². The van der Waals surface area contributed by atoms with Crippen molar-refractivity contribution < 1.29 is 0 Å². The second kappa shape index (κ2) is 8.03. The lowest BCUT2D eigenvalue weighted by molar-refractivity contribution is 0.266. The van der Waals surface area contributed by atoms with Crippen molar-refractivity contribution in [2.45, 2.75) is 33.7 Å². The van der Waals surface area contributed by atoms with Crippen LogP contribution < -0.4 is 11.1 Å². The third kappa shape index (κ3) is 5.25. The van der Waals surface area contributed by atoms with Gasteiger partial charge in [-0.2, -0.15) is 0 Å². The van der Waals surface area contributed by atoms with Crippen molar-refractivity contribution in [1.29, 1.82) is 0 Å². The minimum atomic E-state index is 0.244. The molecule has 0 amide bonds. The molecule has 19 heavy (non-hydrogen) atoms. The number of nitrogens with one attached hydrogen (secondary N) is 1. The maximum Gasteiger partial charge on any atom is 0.0444 e. The number of benzene rings is 1. The SMILES string of the molecule is CC(C)C(CNC(CN)c1ccc(Br)cc1)C(C)C. The Morgan fingerprint density at radius 1 is 1.05 bits per heavy atom. The van der Waals surface area contributed by atoms with Crippen molar-refractivity contribution >= 4 is 15.9 Å². The highest BCUT2D eigenvalue weighted by atomic mass is 79.9. The third-order valence-electron chi connectivity index (χ3n) is 3.82. The molecular weight excluding hydrogens is 300 g/mol. The molecule has 3 heteroatoms. The van der Waals surface area contributed by atoms with Crippen molar-refractivity contribution in [2.75, 3.05) is 13.1 Å². The summed E-state index contributed by atoms with van der Waals surface area (Å²) in [5, 5.41) is 3.63. The van der Waals surface area contributed by atoms with Crippen LogP contribution in [0.3, 0.4) is 0 Å². The van der Waals surface area contributed by atoms with Crippen LogP contribution in [0.25, 0.3) is 0 Å². The van der Waals surface area contributed by atoms with Crippen LogP contribution in [0.5, 0.6) is 0 Å². The summed E-state index contributed by atoms with van der Waals surface area (Å²) in [6, 6.07) is 8.65. The minimum absolute atomic E-state index is 0.244. The highest BCUT2D eigenvalue weighted by Gasteiger charge is 2.19. The van der Waals surface area contributed by atoms with Crippen LogP contribution in [0.1, 0.15) is 39.3 Å². The van der Waals surface area contributed by atoms with Crippen LogP contribution >= 0.6 is 15.9 Å². The summed E-state index contributed by atoms with van der Waals surface area (Å²) < 4.78 is 1.11. The fraction of sp³-hybridized carbons (Fsp3) is 0.625. The first-order valence-corrected chi connectivity index (χ1v) is 7.94. The van der Waals surface area contributed by atoms with Gasteiger partial charge in [0.15, 0.2) is 0 Å². The van der Waals surface area contributed by atoms with Gasteiger partial charge in [0.25, 0.3) is 0 Å². The second-order valence-electron chi connectivity index (χ2n) is 5.90. The fourth-order valence-corrected chi connectivity index (χ4v) is 2.82. The normalized spacial score (nSPS) is 13.5. The summed E-state index contributed by atoms with van der Waals surface area (Å²) in [6.45, 7) is 10.8. The van der Waals surface area contributed by atoms with Gasteiger partial charge in [-0.15, -0.1) is 0 Å². The first-order chi connectivity index (χ1) is 8.95. The average Bonchev–Trinajstić information content (AvgIpc) is 2.35. The first-order valence-electron chi connectivity index (χ1n) is 7.14. The zero-order chi connectivity index (χ0) is 14.4. The highest BCUT2D eigenvalue weighted by Crippen LogP contribution is 2.22. The molecule has 3 N–H and O–H groups in total. The van der Waals surface area contributed by atoms with E-state index in [1.807, 2.05) is 0 Å². The van der Waals surface area contributed by atoms with Crippen LogP contribution in [0.2, 0.25) is 0 Å². The lowest BCUT2D eigenvalue weighted by atomic mass is 9.85. The summed E-state index contributed by atoms with van der Waals surface area (Å²) in [5.41, 5.74) is 7.17. The Bertz CT molecular complexity index is 352. The van der Waals surface area contributed by atoms with Crippen LogP contribution in [-0.2, 0) is 0 Å². The Hall–Kier alpha value is -0.380. The summed E-state index contributed by atoms with van der Waals surface area (Å²) >= 11 is 3.47. The topological polar surface area (TPSA) is 38.0 Å². The van der Waals surface area contributed by atoms with E-state index in [0.717, 1.165) is 11.0 Å². The maximum absolute atomic E-state index is 5.91. The average molecular weight is 327 g/mol. The van der Waals surface area contributed by atoms with E-state index in [0.29, 0.717) is 24.3 Å². The lowest BCUT2D eigenvalue weighted by Crippen LogP contribution is -2.35. The molecule has 0 fully saturated rings. The molecule has 1 aromatic rings. The van der Waals surface area contributed by atoms with Crippen LogP contribution in [0, 0.1) is 17.8 Å². The number of hydrogen-bond acceptors (Lipinski definition) is 2. The molecule has 0 spiro atoms. The van der Waals surface area contributed by atoms with Crippen LogP contribution in [0.4, 0.5) is 0 Å². The summed E-state index contributed by atoms with van der Waals surface area (Å²) in [4.78, 5) is 0. The van der Waals surface area contributed by atoms with Crippen molar-refractivity contribution in [3.63, 3.8) is 0 Å². The molecule has 0 aliphatic rings. The molecule has 0 aliphatic carbocycles. The zero-order valence-corrected chi connectivity index (χ0v) is 14.1. The molecule has 0 saturated carbocycles. The van der Waals surface area contributed by atoms with Crippen molar-refractivity contribution in [2.24, 2.45) is 23.5 Å². The van der Waals surface area contributed by atoms with E-state index < -0.39 is 0 Å². The first kappa shape index (κ1) is 16.7. The van der Waals surface area contributed by atoms with Gasteiger partial charge in [0.2, 0.25) is 0 Å². The predicted molar refractivity (Wildman–Crippen MR) is 87.1 cm³/mol. The third-order valence-corrected chi connectivity index (χ3v) is 4.35. The molecule has 1 rings (SSSR count). The molecule has 2 nitrogen and oxygen atoms in total. The van der Waals surface area contributed by atoms with Gasteiger partial charge < -0.3 is 11.1 Å². The molecular formula is C16H27BrN2. The van der Waals surface area contributed by atoms with E-state index in [1.54, 1.807) is 0 Å². The van der Waals surface area contributed by atoms with Crippen LogP contribution in [-0.4, -0.2) is 13.1 Å². The molecule has 0 saturated heterocycles. The fourth-order valence-electron chi connectivity index (χ4n) is 2.55. The quantitative estimate of drug-likeness (QED) is 0.795. The Kier molecular flexibility index (Phi) is 7.05. The van der Waals surface area contributed by atoms with Gasteiger partial charge >= 0.3 is 0 Å². The van der Waals surface area contributed by atoms with Gasteiger partial charge in [-0.3, -0.25) is 0 Å². The Morgan fingerprint density at radius 2 is 1.58 bits per heavy atom. The number of nitrogens with two attached hydrogens (primary N) is 1. The van der Waals surface area contributed by atoms with Gasteiger partial charge in [-0.05, 0) is 42.0 Å². The van der Waals surface area contributed by atoms with Crippen LogP contribution in [0.15, 0.2) is 28.7 Å². The number of hydrogen-bond donors (Lipinski definition) is 2. The molecule has 108 valence electrons.